The summed E-state index contributed by atoms with van der Waals surface area (Å²) >= 11 is 0. The second-order valence-electron chi connectivity index (χ2n) is 4.68. The summed E-state index contributed by atoms with van der Waals surface area (Å²) in [5, 5.41) is 0. The van der Waals surface area contributed by atoms with Crippen LogP contribution in [0, 0.1) is 11.8 Å². The van der Waals surface area contributed by atoms with Crippen molar-refractivity contribution in [2.45, 2.75) is 45.4 Å². The molecule has 0 N–H and O–H groups in total. The first kappa shape index (κ1) is 9.05. The van der Waals surface area contributed by atoms with Crippen LogP contribution in [0.2, 0.25) is 0 Å². The van der Waals surface area contributed by atoms with Gasteiger partial charge in [0.15, 0.2) is 0 Å². The van der Waals surface area contributed by atoms with Crippen LogP contribution in [0.15, 0.2) is 23.8 Å². The molecular formula is C13H20. The number of allylic oxidation sites excluding steroid dienone is 4. The lowest BCUT2D eigenvalue weighted by Gasteiger charge is -2.29. The van der Waals surface area contributed by atoms with E-state index < -0.39 is 0 Å². The molecule has 0 heterocycles. The van der Waals surface area contributed by atoms with E-state index in [1.54, 1.807) is 5.57 Å². The number of rotatable bonds is 1. The highest BCUT2D eigenvalue weighted by atomic mass is 14.3. The Morgan fingerprint density at radius 1 is 1.31 bits per heavy atom. The Morgan fingerprint density at radius 3 is 2.92 bits per heavy atom. The van der Waals surface area contributed by atoms with E-state index in [1.807, 2.05) is 0 Å². The summed E-state index contributed by atoms with van der Waals surface area (Å²) in [4.78, 5) is 0. The summed E-state index contributed by atoms with van der Waals surface area (Å²) < 4.78 is 0. The van der Waals surface area contributed by atoms with E-state index in [0.717, 1.165) is 11.8 Å². The predicted molar refractivity (Wildman–Crippen MR) is 57.6 cm³/mol. The summed E-state index contributed by atoms with van der Waals surface area (Å²) in [6, 6.07) is 0. The van der Waals surface area contributed by atoms with E-state index in [-0.39, 0.29) is 0 Å². The highest BCUT2D eigenvalue weighted by Crippen LogP contribution is 2.35. The highest BCUT2D eigenvalue weighted by molar-refractivity contribution is 5.20. The van der Waals surface area contributed by atoms with Gasteiger partial charge in [0.1, 0.15) is 0 Å². The third-order valence-corrected chi connectivity index (χ3v) is 3.51. The maximum absolute atomic E-state index is 2.41. The molecule has 72 valence electrons. The van der Waals surface area contributed by atoms with E-state index in [0.29, 0.717) is 0 Å². The molecule has 0 nitrogen and oxygen atoms in total. The lowest BCUT2D eigenvalue weighted by atomic mass is 9.76. The second kappa shape index (κ2) is 4.13. The van der Waals surface area contributed by atoms with Gasteiger partial charge >= 0.3 is 0 Å². The van der Waals surface area contributed by atoms with Gasteiger partial charge in [-0.25, -0.2) is 0 Å². The first-order chi connectivity index (χ1) is 6.36. The monoisotopic (exact) mass is 176 g/mol. The van der Waals surface area contributed by atoms with Crippen molar-refractivity contribution in [1.29, 1.82) is 0 Å². The molecule has 0 aromatic carbocycles. The van der Waals surface area contributed by atoms with E-state index in [1.165, 1.54) is 38.5 Å². The summed E-state index contributed by atoms with van der Waals surface area (Å²) in [7, 11) is 0. The predicted octanol–water partition coefficient (Wildman–Crippen LogP) is 4.09. The van der Waals surface area contributed by atoms with Crippen LogP contribution in [-0.4, -0.2) is 0 Å². The zero-order valence-electron chi connectivity index (χ0n) is 8.63. The minimum absolute atomic E-state index is 0.925. The van der Waals surface area contributed by atoms with Crippen molar-refractivity contribution in [2.75, 3.05) is 0 Å². The summed E-state index contributed by atoms with van der Waals surface area (Å²) in [5.74, 6) is 1.89. The Bertz CT molecular complexity index is 222. The quantitative estimate of drug-likeness (QED) is 0.564. The van der Waals surface area contributed by atoms with Gasteiger partial charge in [-0.05, 0) is 37.5 Å². The Labute approximate surface area is 81.7 Å². The van der Waals surface area contributed by atoms with Crippen molar-refractivity contribution >= 4 is 0 Å². The van der Waals surface area contributed by atoms with Crippen LogP contribution in [-0.2, 0) is 0 Å². The average Bonchev–Trinajstić information content (AvgIpc) is 2.19. The van der Waals surface area contributed by atoms with Gasteiger partial charge in [0.2, 0.25) is 0 Å². The maximum Gasteiger partial charge on any atom is -0.0197 e. The molecule has 2 rings (SSSR count). The van der Waals surface area contributed by atoms with Gasteiger partial charge < -0.3 is 0 Å². The number of hydrogen-bond donors (Lipinski definition) is 0. The van der Waals surface area contributed by atoms with Crippen molar-refractivity contribution in [3.8, 4) is 0 Å². The molecule has 2 atom stereocenters. The van der Waals surface area contributed by atoms with Gasteiger partial charge in [-0.15, -0.1) is 0 Å². The first-order valence-electron chi connectivity index (χ1n) is 5.72. The molecule has 0 aromatic heterocycles. The SMILES string of the molecule is CC1CCCC(C2=CC=CCC2)C1. The largest absolute Gasteiger partial charge is 0.0842 e. The second-order valence-corrected chi connectivity index (χ2v) is 4.68. The minimum Gasteiger partial charge on any atom is -0.0842 e. The van der Waals surface area contributed by atoms with Gasteiger partial charge in [-0.2, -0.15) is 0 Å². The molecule has 0 bridgehead atoms. The van der Waals surface area contributed by atoms with Gasteiger partial charge in [0.05, 0.1) is 0 Å². The topological polar surface area (TPSA) is 0 Å². The fourth-order valence-corrected chi connectivity index (χ4v) is 2.73. The van der Waals surface area contributed by atoms with E-state index in [4.69, 9.17) is 0 Å². The zero-order valence-corrected chi connectivity index (χ0v) is 8.63. The molecule has 1 saturated carbocycles. The third-order valence-electron chi connectivity index (χ3n) is 3.51. The summed E-state index contributed by atoms with van der Waals surface area (Å²) in [6.45, 7) is 2.41. The first-order valence-corrected chi connectivity index (χ1v) is 5.72. The molecule has 2 aliphatic rings. The summed E-state index contributed by atoms with van der Waals surface area (Å²) in [5.41, 5.74) is 1.73. The number of hydrogen-bond acceptors (Lipinski definition) is 0. The Kier molecular flexibility index (Phi) is 2.87. The molecule has 0 aromatic rings. The Balaban J connectivity index is 1.98. The highest BCUT2D eigenvalue weighted by Gasteiger charge is 2.21. The molecule has 0 aliphatic heterocycles. The molecule has 2 unspecified atom stereocenters. The van der Waals surface area contributed by atoms with Crippen LogP contribution in [0.5, 0.6) is 0 Å². The zero-order chi connectivity index (χ0) is 9.10. The standard InChI is InChI=1S/C13H20/c1-11-6-5-9-13(10-11)12-7-3-2-4-8-12/h2-3,7,11,13H,4-6,8-10H2,1H3. The fourth-order valence-electron chi connectivity index (χ4n) is 2.73. The van der Waals surface area contributed by atoms with Crippen LogP contribution < -0.4 is 0 Å². The molecular weight excluding hydrogens is 156 g/mol. The van der Waals surface area contributed by atoms with Crippen molar-refractivity contribution in [1.82, 2.24) is 0 Å². The van der Waals surface area contributed by atoms with Crippen LogP contribution >= 0.6 is 0 Å². The fraction of sp³-hybridized carbons (Fsp3) is 0.692. The van der Waals surface area contributed by atoms with Gasteiger partial charge in [0.25, 0.3) is 0 Å². The molecule has 0 heteroatoms. The molecule has 0 spiro atoms. The van der Waals surface area contributed by atoms with Crippen LogP contribution in [0.25, 0.3) is 0 Å². The smallest absolute Gasteiger partial charge is 0.0197 e. The molecule has 0 amide bonds. The van der Waals surface area contributed by atoms with Crippen LogP contribution in [0.3, 0.4) is 0 Å². The van der Waals surface area contributed by atoms with Crippen molar-refractivity contribution in [3.05, 3.63) is 23.8 Å². The van der Waals surface area contributed by atoms with E-state index >= 15 is 0 Å². The van der Waals surface area contributed by atoms with Gasteiger partial charge in [0, 0.05) is 0 Å². The van der Waals surface area contributed by atoms with E-state index in [2.05, 4.69) is 25.2 Å². The van der Waals surface area contributed by atoms with Gasteiger partial charge in [-0.3, -0.25) is 0 Å². The molecule has 13 heavy (non-hydrogen) atoms. The van der Waals surface area contributed by atoms with Gasteiger partial charge in [-0.1, -0.05) is 43.6 Å². The van der Waals surface area contributed by atoms with Crippen molar-refractivity contribution in [2.24, 2.45) is 11.8 Å². The molecule has 2 aliphatic carbocycles. The van der Waals surface area contributed by atoms with E-state index in [9.17, 15) is 0 Å². The minimum atomic E-state index is 0.925. The lowest BCUT2D eigenvalue weighted by molar-refractivity contribution is 0.309. The molecule has 0 radical (unpaired) electrons. The molecule has 0 saturated heterocycles. The molecule has 1 fully saturated rings. The van der Waals surface area contributed by atoms with Crippen LogP contribution in [0.4, 0.5) is 0 Å². The Morgan fingerprint density at radius 2 is 2.23 bits per heavy atom. The van der Waals surface area contributed by atoms with Crippen molar-refractivity contribution in [3.63, 3.8) is 0 Å². The normalized spacial score (nSPS) is 34.4. The Hall–Kier alpha value is -0.520. The third kappa shape index (κ3) is 2.24. The van der Waals surface area contributed by atoms with Crippen LogP contribution in [0.1, 0.15) is 45.4 Å². The average molecular weight is 176 g/mol. The lowest BCUT2D eigenvalue weighted by Crippen LogP contribution is -2.15. The van der Waals surface area contributed by atoms with Crippen molar-refractivity contribution < 1.29 is 0 Å². The summed E-state index contributed by atoms with van der Waals surface area (Å²) in [6.07, 6.45) is 15.3. The maximum atomic E-state index is 2.41.